The van der Waals surface area contributed by atoms with Crippen molar-refractivity contribution in [2.45, 2.75) is 19.4 Å². The SMILES string of the molecule is COC(=O)C1CCn2cccc2C1. The lowest BCUT2D eigenvalue weighted by atomic mass is 9.96. The van der Waals surface area contributed by atoms with Gasteiger partial charge in [-0.2, -0.15) is 0 Å². The van der Waals surface area contributed by atoms with Gasteiger partial charge in [0.25, 0.3) is 0 Å². The number of esters is 1. The maximum Gasteiger partial charge on any atom is 0.309 e. The second kappa shape index (κ2) is 3.24. The normalized spacial score (nSPS) is 20.8. The number of methoxy groups -OCH3 is 1. The third kappa shape index (κ3) is 1.46. The van der Waals surface area contributed by atoms with Gasteiger partial charge in [0.2, 0.25) is 0 Å². The van der Waals surface area contributed by atoms with Crippen molar-refractivity contribution >= 4 is 5.97 Å². The molecule has 0 saturated heterocycles. The van der Waals surface area contributed by atoms with E-state index in [1.165, 1.54) is 12.8 Å². The van der Waals surface area contributed by atoms with Crippen LogP contribution in [-0.2, 0) is 22.5 Å². The van der Waals surface area contributed by atoms with E-state index in [4.69, 9.17) is 4.74 Å². The van der Waals surface area contributed by atoms with E-state index in [9.17, 15) is 4.79 Å². The van der Waals surface area contributed by atoms with E-state index >= 15 is 0 Å². The summed E-state index contributed by atoms with van der Waals surface area (Å²) in [6.45, 7) is 0.933. The van der Waals surface area contributed by atoms with E-state index < -0.39 is 0 Å². The van der Waals surface area contributed by atoms with Gasteiger partial charge in [-0.1, -0.05) is 0 Å². The Bertz CT molecular complexity index is 316. The molecule has 0 amide bonds. The van der Waals surface area contributed by atoms with Crippen molar-refractivity contribution in [2.24, 2.45) is 5.92 Å². The van der Waals surface area contributed by atoms with Crippen molar-refractivity contribution in [3.63, 3.8) is 0 Å². The first-order valence-electron chi connectivity index (χ1n) is 4.53. The Kier molecular flexibility index (Phi) is 2.08. The van der Waals surface area contributed by atoms with Gasteiger partial charge in [-0.25, -0.2) is 0 Å². The summed E-state index contributed by atoms with van der Waals surface area (Å²) in [5, 5.41) is 0. The number of fused-ring (bicyclic) bond motifs is 1. The van der Waals surface area contributed by atoms with Crippen LogP contribution < -0.4 is 0 Å². The molecule has 70 valence electrons. The van der Waals surface area contributed by atoms with Gasteiger partial charge in [-0.15, -0.1) is 0 Å². The quantitative estimate of drug-likeness (QED) is 0.607. The van der Waals surface area contributed by atoms with Crippen molar-refractivity contribution in [1.82, 2.24) is 4.57 Å². The second-order valence-electron chi connectivity index (χ2n) is 3.41. The predicted octanol–water partition coefficient (Wildman–Crippen LogP) is 1.22. The zero-order chi connectivity index (χ0) is 9.26. The van der Waals surface area contributed by atoms with Crippen molar-refractivity contribution in [1.29, 1.82) is 0 Å². The number of carbonyl (C=O) groups is 1. The lowest BCUT2D eigenvalue weighted by Crippen LogP contribution is -2.26. The number of rotatable bonds is 1. The van der Waals surface area contributed by atoms with Gasteiger partial charge < -0.3 is 9.30 Å². The summed E-state index contributed by atoms with van der Waals surface area (Å²) in [5.74, 6) is -0.0140. The zero-order valence-corrected chi connectivity index (χ0v) is 7.69. The molecule has 3 nitrogen and oxygen atoms in total. The molecule has 13 heavy (non-hydrogen) atoms. The molecule has 0 aliphatic carbocycles. The number of carbonyl (C=O) groups excluding carboxylic acids is 1. The third-order valence-corrected chi connectivity index (χ3v) is 2.63. The molecule has 0 spiro atoms. The maximum atomic E-state index is 11.3. The molecule has 2 rings (SSSR count). The standard InChI is InChI=1S/C10H13NO2/c1-13-10(12)8-4-6-11-5-2-3-9(11)7-8/h2-3,5,8H,4,6-7H2,1H3. The van der Waals surface area contributed by atoms with Crippen molar-refractivity contribution in [2.75, 3.05) is 7.11 Å². The highest BCUT2D eigenvalue weighted by atomic mass is 16.5. The fraction of sp³-hybridized carbons (Fsp3) is 0.500. The highest BCUT2D eigenvalue weighted by Gasteiger charge is 2.24. The first-order chi connectivity index (χ1) is 6.31. The first-order valence-corrected chi connectivity index (χ1v) is 4.53. The molecule has 0 fully saturated rings. The molecule has 2 heterocycles. The Labute approximate surface area is 77.3 Å². The zero-order valence-electron chi connectivity index (χ0n) is 7.69. The Morgan fingerprint density at radius 1 is 1.69 bits per heavy atom. The smallest absolute Gasteiger partial charge is 0.309 e. The van der Waals surface area contributed by atoms with Crippen LogP contribution in [0.5, 0.6) is 0 Å². The Balaban J connectivity index is 2.13. The van der Waals surface area contributed by atoms with Crippen LogP contribution in [0.2, 0.25) is 0 Å². The van der Waals surface area contributed by atoms with Gasteiger partial charge >= 0.3 is 5.97 Å². The number of ether oxygens (including phenoxy) is 1. The Hall–Kier alpha value is -1.25. The van der Waals surface area contributed by atoms with Crippen LogP contribution in [0.4, 0.5) is 0 Å². The van der Waals surface area contributed by atoms with Gasteiger partial charge in [0.1, 0.15) is 0 Å². The molecule has 0 radical (unpaired) electrons. The predicted molar refractivity (Wildman–Crippen MR) is 48.3 cm³/mol. The van der Waals surface area contributed by atoms with Crippen molar-refractivity contribution in [3.05, 3.63) is 24.0 Å². The number of hydrogen-bond donors (Lipinski definition) is 0. The summed E-state index contributed by atoms with van der Waals surface area (Å²) < 4.78 is 6.93. The van der Waals surface area contributed by atoms with Crippen LogP contribution in [0.15, 0.2) is 18.3 Å². The van der Waals surface area contributed by atoms with Crippen LogP contribution in [0.25, 0.3) is 0 Å². The van der Waals surface area contributed by atoms with Crippen molar-refractivity contribution < 1.29 is 9.53 Å². The van der Waals surface area contributed by atoms with Gasteiger partial charge in [0.05, 0.1) is 13.0 Å². The molecule has 1 aromatic heterocycles. The molecular formula is C10H13NO2. The van der Waals surface area contributed by atoms with Gasteiger partial charge in [-0.3, -0.25) is 4.79 Å². The fourth-order valence-electron chi connectivity index (χ4n) is 1.87. The summed E-state index contributed by atoms with van der Waals surface area (Å²) >= 11 is 0. The molecule has 0 aromatic carbocycles. The average Bonchev–Trinajstić information content (AvgIpc) is 2.63. The molecule has 1 aliphatic rings. The second-order valence-corrected chi connectivity index (χ2v) is 3.41. The summed E-state index contributed by atoms with van der Waals surface area (Å²) in [4.78, 5) is 11.3. The summed E-state index contributed by atoms with van der Waals surface area (Å²) in [6, 6.07) is 4.09. The minimum absolute atomic E-state index is 0.0624. The fourth-order valence-corrected chi connectivity index (χ4v) is 1.87. The number of nitrogens with zero attached hydrogens (tertiary/aromatic N) is 1. The third-order valence-electron chi connectivity index (χ3n) is 2.63. The molecule has 1 unspecified atom stereocenters. The molecule has 0 N–H and O–H groups in total. The van der Waals surface area contributed by atoms with Crippen LogP contribution in [-0.4, -0.2) is 17.6 Å². The van der Waals surface area contributed by atoms with E-state index in [-0.39, 0.29) is 11.9 Å². The number of aryl methyl sites for hydroxylation is 1. The Morgan fingerprint density at radius 2 is 2.54 bits per heavy atom. The largest absolute Gasteiger partial charge is 0.469 e. The average molecular weight is 179 g/mol. The lowest BCUT2D eigenvalue weighted by Gasteiger charge is -2.22. The van der Waals surface area contributed by atoms with Crippen LogP contribution in [0.3, 0.4) is 0 Å². The van der Waals surface area contributed by atoms with Crippen LogP contribution in [0.1, 0.15) is 12.1 Å². The molecule has 0 bridgehead atoms. The van der Waals surface area contributed by atoms with E-state index in [1.54, 1.807) is 0 Å². The minimum Gasteiger partial charge on any atom is -0.469 e. The number of hydrogen-bond acceptors (Lipinski definition) is 2. The topological polar surface area (TPSA) is 31.2 Å². The molecule has 3 heteroatoms. The molecular weight excluding hydrogens is 166 g/mol. The van der Waals surface area contributed by atoms with E-state index in [1.807, 2.05) is 6.07 Å². The van der Waals surface area contributed by atoms with Gasteiger partial charge in [-0.05, 0) is 18.6 Å². The first kappa shape index (κ1) is 8.35. The highest BCUT2D eigenvalue weighted by Crippen LogP contribution is 2.21. The molecule has 1 aromatic rings. The van der Waals surface area contributed by atoms with Crippen LogP contribution >= 0.6 is 0 Å². The summed E-state index contributed by atoms with van der Waals surface area (Å²) in [7, 11) is 1.45. The highest BCUT2D eigenvalue weighted by molar-refractivity contribution is 5.72. The minimum atomic E-state index is -0.0764. The monoisotopic (exact) mass is 179 g/mol. The van der Waals surface area contributed by atoms with Gasteiger partial charge in [0.15, 0.2) is 0 Å². The maximum absolute atomic E-state index is 11.3. The summed E-state index contributed by atoms with van der Waals surface area (Å²) in [5.41, 5.74) is 1.24. The van der Waals surface area contributed by atoms with Gasteiger partial charge in [0, 0.05) is 24.9 Å². The van der Waals surface area contributed by atoms with E-state index in [0.29, 0.717) is 0 Å². The molecule has 1 aliphatic heterocycles. The van der Waals surface area contributed by atoms with E-state index in [2.05, 4.69) is 16.8 Å². The lowest BCUT2D eigenvalue weighted by molar-refractivity contribution is -0.146. The number of aromatic nitrogens is 1. The Morgan fingerprint density at radius 3 is 3.31 bits per heavy atom. The molecule has 0 saturated carbocycles. The van der Waals surface area contributed by atoms with E-state index in [0.717, 1.165) is 19.4 Å². The van der Waals surface area contributed by atoms with Crippen molar-refractivity contribution in [3.8, 4) is 0 Å². The molecule has 1 atom stereocenters. The van der Waals surface area contributed by atoms with Crippen LogP contribution in [0, 0.1) is 5.92 Å². The summed E-state index contributed by atoms with van der Waals surface area (Å²) in [6.07, 6.45) is 3.77.